The maximum absolute atomic E-state index is 12.0. The van der Waals surface area contributed by atoms with Crippen LogP contribution in [-0.4, -0.2) is 5.78 Å². The standard InChI is InChI=1S/C15H21NO/c1-11-8-6-7-9-13(11)16-10-12(2)14(17)15(3,4)5/h6-10,16H,1-5H3/b12-10+. The van der Waals surface area contributed by atoms with E-state index in [2.05, 4.69) is 5.32 Å². The van der Waals surface area contributed by atoms with E-state index in [0.717, 1.165) is 11.3 Å². The Hall–Kier alpha value is -1.57. The monoisotopic (exact) mass is 231 g/mol. The van der Waals surface area contributed by atoms with Crippen molar-refractivity contribution in [3.63, 3.8) is 0 Å². The first-order chi connectivity index (χ1) is 7.82. The summed E-state index contributed by atoms with van der Waals surface area (Å²) in [6.07, 6.45) is 1.79. The summed E-state index contributed by atoms with van der Waals surface area (Å²) in [5.74, 6) is 0.165. The molecule has 1 N–H and O–H groups in total. The number of allylic oxidation sites excluding steroid dienone is 1. The highest BCUT2D eigenvalue weighted by atomic mass is 16.1. The van der Waals surface area contributed by atoms with Gasteiger partial charge in [0.05, 0.1) is 0 Å². The summed E-state index contributed by atoms with van der Waals surface area (Å²) in [5.41, 5.74) is 2.63. The van der Waals surface area contributed by atoms with Crippen LogP contribution >= 0.6 is 0 Å². The van der Waals surface area contributed by atoms with Crippen molar-refractivity contribution < 1.29 is 4.79 Å². The van der Waals surface area contributed by atoms with Crippen molar-refractivity contribution >= 4 is 11.5 Å². The highest BCUT2D eigenvalue weighted by Crippen LogP contribution is 2.20. The van der Waals surface area contributed by atoms with E-state index in [4.69, 9.17) is 0 Å². The average Bonchev–Trinajstić information content (AvgIpc) is 2.25. The molecular formula is C15H21NO. The van der Waals surface area contributed by atoms with E-state index >= 15 is 0 Å². The molecule has 0 spiro atoms. The molecule has 1 aromatic carbocycles. The van der Waals surface area contributed by atoms with Crippen LogP contribution in [0.4, 0.5) is 5.69 Å². The van der Waals surface area contributed by atoms with Gasteiger partial charge in [-0.3, -0.25) is 4.79 Å². The molecule has 0 aliphatic heterocycles. The minimum atomic E-state index is -0.325. The number of carbonyl (C=O) groups excluding carboxylic acids is 1. The number of rotatable bonds is 3. The fourth-order valence-electron chi connectivity index (χ4n) is 1.58. The minimum Gasteiger partial charge on any atom is -0.361 e. The zero-order chi connectivity index (χ0) is 13.1. The molecule has 17 heavy (non-hydrogen) atoms. The number of para-hydroxylation sites is 1. The van der Waals surface area contributed by atoms with Crippen molar-refractivity contribution in [2.24, 2.45) is 5.41 Å². The van der Waals surface area contributed by atoms with Crippen LogP contribution in [0.5, 0.6) is 0 Å². The van der Waals surface area contributed by atoms with Gasteiger partial charge >= 0.3 is 0 Å². The highest BCUT2D eigenvalue weighted by Gasteiger charge is 2.22. The number of hydrogen-bond acceptors (Lipinski definition) is 2. The van der Waals surface area contributed by atoms with Gasteiger partial charge in [0.15, 0.2) is 5.78 Å². The SMILES string of the molecule is C/C(=C\Nc1ccccc1C)C(=O)C(C)(C)C. The first kappa shape index (κ1) is 13.5. The van der Waals surface area contributed by atoms with Gasteiger partial charge in [0.2, 0.25) is 0 Å². The molecule has 2 nitrogen and oxygen atoms in total. The molecule has 2 heteroatoms. The topological polar surface area (TPSA) is 29.1 Å². The van der Waals surface area contributed by atoms with Crippen LogP contribution in [0.25, 0.3) is 0 Å². The predicted molar refractivity (Wildman–Crippen MR) is 73.0 cm³/mol. The third kappa shape index (κ3) is 3.74. The Morgan fingerprint density at radius 1 is 1.24 bits per heavy atom. The Balaban J connectivity index is 2.79. The lowest BCUT2D eigenvalue weighted by molar-refractivity contribution is -0.122. The Bertz CT molecular complexity index is 438. The first-order valence-corrected chi connectivity index (χ1v) is 5.86. The van der Waals surface area contributed by atoms with Gasteiger partial charge in [-0.2, -0.15) is 0 Å². The lowest BCUT2D eigenvalue weighted by Crippen LogP contribution is -2.21. The Morgan fingerprint density at radius 2 is 1.82 bits per heavy atom. The van der Waals surface area contributed by atoms with Crippen LogP contribution < -0.4 is 5.32 Å². The molecule has 0 atom stereocenters. The second-order valence-corrected chi connectivity index (χ2v) is 5.37. The quantitative estimate of drug-likeness (QED) is 0.799. The number of hydrogen-bond donors (Lipinski definition) is 1. The molecule has 0 fully saturated rings. The normalized spacial score (nSPS) is 12.4. The molecule has 0 heterocycles. The van der Waals surface area contributed by atoms with Gasteiger partial charge in [-0.15, -0.1) is 0 Å². The zero-order valence-electron chi connectivity index (χ0n) is 11.3. The van der Waals surface area contributed by atoms with Gasteiger partial charge in [-0.25, -0.2) is 0 Å². The van der Waals surface area contributed by atoms with E-state index < -0.39 is 0 Å². The number of anilines is 1. The summed E-state index contributed by atoms with van der Waals surface area (Å²) in [7, 11) is 0. The summed E-state index contributed by atoms with van der Waals surface area (Å²) in [6.45, 7) is 9.68. The smallest absolute Gasteiger partial charge is 0.165 e. The van der Waals surface area contributed by atoms with Gasteiger partial charge in [-0.1, -0.05) is 39.0 Å². The van der Waals surface area contributed by atoms with E-state index in [1.807, 2.05) is 58.9 Å². The number of aryl methyl sites for hydroxylation is 1. The highest BCUT2D eigenvalue weighted by molar-refractivity contribution is 5.98. The van der Waals surface area contributed by atoms with Crippen LogP contribution in [-0.2, 0) is 4.79 Å². The molecular weight excluding hydrogens is 210 g/mol. The summed E-state index contributed by atoms with van der Waals surface area (Å²) >= 11 is 0. The van der Waals surface area contributed by atoms with Crippen LogP contribution in [0.15, 0.2) is 36.0 Å². The molecule has 0 saturated carbocycles. The summed E-state index contributed by atoms with van der Waals surface area (Å²) in [6, 6.07) is 8.01. The van der Waals surface area contributed by atoms with Gasteiger partial charge in [-0.05, 0) is 25.5 Å². The van der Waals surface area contributed by atoms with E-state index in [9.17, 15) is 4.79 Å². The third-order valence-electron chi connectivity index (χ3n) is 2.63. The number of carbonyl (C=O) groups is 1. The Labute approximate surface area is 104 Å². The van der Waals surface area contributed by atoms with Crippen molar-refractivity contribution in [3.8, 4) is 0 Å². The third-order valence-corrected chi connectivity index (χ3v) is 2.63. The molecule has 1 aromatic rings. The number of Topliss-reactive ketones (excluding diaryl/α,β-unsaturated/α-hetero) is 1. The number of ketones is 1. The molecule has 1 rings (SSSR count). The number of benzene rings is 1. The summed E-state index contributed by atoms with van der Waals surface area (Å²) in [4.78, 5) is 12.0. The molecule has 0 aliphatic carbocycles. The van der Waals surface area contributed by atoms with E-state index in [-0.39, 0.29) is 11.2 Å². The first-order valence-electron chi connectivity index (χ1n) is 5.86. The second kappa shape index (κ2) is 5.17. The molecule has 0 unspecified atom stereocenters. The van der Waals surface area contributed by atoms with E-state index in [1.54, 1.807) is 6.20 Å². The van der Waals surface area contributed by atoms with Gasteiger partial charge < -0.3 is 5.32 Å². The fraction of sp³-hybridized carbons (Fsp3) is 0.400. The van der Waals surface area contributed by atoms with E-state index in [1.165, 1.54) is 5.56 Å². The minimum absolute atomic E-state index is 0.165. The zero-order valence-corrected chi connectivity index (χ0v) is 11.3. The predicted octanol–water partition coefficient (Wildman–Crippen LogP) is 3.93. The van der Waals surface area contributed by atoms with Crippen molar-refractivity contribution in [1.82, 2.24) is 0 Å². The maximum Gasteiger partial charge on any atom is 0.165 e. The van der Waals surface area contributed by atoms with Gasteiger partial charge in [0.25, 0.3) is 0 Å². The fourth-order valence-corrected chi connectivity index (χ4v) is 1.58. The largest absolute Gasteiger partial charge is 0.361 e. The van der Waals surface area contributed by atoms with Crippen LogP contribution in [0.1, 0.15) is 33.3 Å². The van der Waals surface area contributed by atoms with Crippen molar-refractivity contribution in [2.75, 3.05) is 5.32 Å². The molecule has 0 bridgehead atoms. The van der Waals surface area contributed by atoms with Gasteiger partial charge in [0, 0.05) is 22.9 Å². The molecule has 0 aliphatic rings. The van der Waals surface area contributed by atoms with Crippen molar-refractivity contribution in [3.05, 3.63) is 41.6 Å². The van der Waals surface area contributed by atoms with Crippen molar-refractivity contribution in [1.29, 1.82) is 0 Å². The van der Waals surface area contributed by atoms with Crippen molar-refractivity contribution in [2.45, 2.75) is 34.6 Å². The Morgan fingerprint density at radius 3 is 2.35 bits per heavy atom. The van der Waals surface area contributed by atoms with E-state index in [0.29, 0.717) is 0 Å². The maximum atomic E-state index is 12.0. The second-order valence-electron chi connectivity index (χ2n) is 5.37. The molecule has 92 valence electrons. The lowest BCUT2D eigenvalue weighted by Gasteiger charge is -2.17. The summed E-state index contributed by atoms with van der Waals surface area (Å²) in [5, 5.41) is 3.18. The lowest BCUT2D eigenvalue weighted by atomic mass is 9.87. The molecule has 0 radical (unpaired) electrons. The Kier molecular flexibility index (Phi) is 4.11. The summed E-state index contributed by atoms with van der Waals surface area (Å²) < 4.78 is 0. The molecule has 0 saturated heterocycles. The van der Waals surface area contributed by atoms with Crippen LogP contribution in [0.2, 0.25) is 0 Å². The average molecular weight is 231 g/mol. The van der Waals surface area contributed by atoms with Gasteiger partial charge in [0.1, 0.15) is 0 Å². The van der Waals surface area contributed by atoms with Crippen LogP contribution in [0.3, 0.4) is 0 Å². The molecule has 0 amide bonds. The molecule has 0 aromatic heterocycles. The van der Waals surface area contributed by atoms with Crippen LogP contribution in [0, 0.1) is 12.3 Å². The number of nitrogens with one attached hydrogen (secondary N) is 1.